The van der Waals surface area contributed by atoms with Crippen LogP contribution >= 0.6 is 0 Å². The summed E-state index contributed by atoms with van der Waals surface area (Å²) in [7, 11) is 0. The van der Waals surface area contributed by atoms with Gasteiger partial charge in [0, 0.05) is 43.2 Å². The van der Waals surface area contributed by atoms with Gasteiger partial charge in [0.2, 0.25) is 5.91 Å². The lowest BCUT2D eigenvalue weighted by Gasteiger charge is -2.20. The largest absolute Gasteiger partial charge is 0.395 e. The summed E-state index contributed by atoms with van der Waals surface area (Å²) in [5, 5.41) is 9.16. The molecule has 6 heteroatoms. The van der Waals surface area contributed by atoms with E-state index in [2.05, 4.69) is 4.98 Å². The van der Waals surface area contributed by atoms with Gasteiger partial charge in [-0.3, -0.25) is 9.78 Å². The van der Waals surface area contributed by atoms with Gasteiger partial charge in [-0.2, -0.15) is 0 Å². The number of amides is 1. The van der Waals surface area contributed by atoms with Crippen LogP contribution in [-0.4, -0.2) is 34.0 Å². The van der Waals surface area contributed by atoms with Crippen LogP contribution in [0.25, 0.3) is 5.57 Å². The van der Waals surface area contributed by atoms with Crippen molar-refractivity contribution in [3.63, 3.8) is 0 Å². The Kier molecular flexibility index (Phi) is 6.14. The van der Waals surface area contributed by atoms with Crippen molar-refractivity contribution in [2.24, 2.45) is 0 Å². The van der Waals surface area contributed by atoms with E-state index in [1.807, 2.05) is 6.07 Å². The fourth-order valence-electron chi connectivity index (χ4n) is 2.26. The molecule has 2 aromatic rings. The molecule has 1 aromatic carbocycles. The number of hydrogen-bond donors (Lipinski definition) is 1. The molecule has 0 aliphatic carbocycles. The first-order valence-corrected chi connectivity index (χ1v) is 7.43. The highest BCUT2D eigenvalue weighted by Crippen LogP contribution is 2.19. The molecule has 0 aliphatic rings. The number of carbonyl (C=O) groups is 1. The highest BCUT2D eigenvalue weighted by Gasteiger charge is 2.13. The Morgan fingerprint density at radius 1 is 1.33 bits per heavy atom. The fraction of sp³-hybridized carbons (Fsp3) is 0.222. The third kappa shape index (κ3) is 4.70. The Labute approximate surface area is 139 Å². The fourth-order valence-corrected chi connectivity index (χ4v) is 2.26. The second kappa shape index (κ2) is 8.31. The molecule has 0 fully saturated rings. The lowest BCUT2D eigenvalue weighted by molar-refractivity contribution is -0.127. The normalized spacial score (nSPS) is 11.4. The Morgan fingerprint density at radius 2 is 2.12 bits per heavy atom. The monoisotopic (exact) mass is 332 g/mol. The number of benzene rings is 1. The molecule has 0 saturated heterocycles. The molecule has 4 nitrogen and oxygen atoms in total. The molecular formula is C18H18F2N2O2. The summed E-state index contributed by atoms with van der Waals surface area (Å²) in [6.07, 6.45) is 4.54. The Balaban J connectivity index is 2.19. The average molecular weight is 332 g/mol. The van der Waals surface area contributed by atoms with Gasteiger partial charge in [-0.25, -0.2) is 8.78 Å². The molecule has 0 spiro atoms. The SMILES string of the molecule is C/C(=C/C(=O)N(CCO)Cc1cccnc1)c1ccc(F)cc1F. The summed E-state index contributed by atoms with van der Waals surface area (Å²) in [6.45, 7) is 1.81. The van der Waals surface area contributed by atoms with Crippen molar-refractivity contribution in [2.75, 3.05) is 13.2 Å². The number of aromatic nitrogens is 1. The Morgan fingerprint density at radius 3 is 2.75 bits per heavy atom. The minimum atomic E-state index is -0.725. The molecule has 24 heavy (non-hydrogen) atoms. The average Bonchev–Trinajstić information content (AvgIpc) is 2.55. The molecule has 1 heterocycles. The maximum atomic E-state index is 13.8. The number of carbonyl (C=O) groups excluding carboxylic acids is 1. The molecule has 0 radical (unpaired) electrons. The second-order valence-electron chi connectivity index (χ2n) is 5.30. The van der Waals surface area contributed by atoms with Gasteiger partial charge in [0.15, 0.2) is 0 Å². The number of rotatable bonds is 6. The molecule has 2 rings (SSSR count). The van der Waals surface area contributed by atoms with Crippen LogP contribution in [0.1, 0.15) is 18.1 Å². The second-order valence-corrected chi connectivity index (χ2v) is 5.30. The lowest BCUT2D eigenvalue weighted by Crippen LogP contribution is -2.32. The zero-order chi connectivity index (χ0) is 17.5. The summed E-state index contributed by atoms with van der Waals surface area (Å²) in [4.78, 5) is 17.8. The molecular weight excluding hydrogens is 314 g/mol. The van der Waals surface area contributed by atoms with E-state index < -0.39 is 11.6 Å². The van der Waals surface area contributed by atoms with Crippen molar-refractivity contribution in [3.8, 4) is 0 Å². The van der Waals surface area contributed by atoms with Crippen molar-refractivity contribution in [3.05, 3.63) is 71.6 Å². The minimum Gasteiger partial charge on any atom is -0.395 e. The van der Waals surface area contributed by atoms with E-state index in [1.54, 1.807) is 25.4 Å². The highest BCUT2D eigenvalue weighted by molar-refractivity contribution is 5.94. The van der Waals surface area contributed by atoms with Gasteiger partial charge in [-0.05, 0) is 36.3 Å². The number of aliphatic hydroxyl groups is 1. The smallest absolute Gasteiger partial charge is 0.247 e. The van der Waals surface area contributed by atoms with Crippen LogP contribution in [0.15, 0.2) is 48.8 Å². The highest BCUT2D eigenvalue weighted by atomic mass is 19.1. The molecule has 1 aromatic heterocycles. The molecule has 0 bridgehead atoms. The third-order valence-electron chi connectivity index (χ3n) is 3.47. The number of aliphatic hydroxyl groups excluding tert-OH is 1. The van der Waals surface area contributed by atoms with Crippen LogP contribution in [0.5, 0.6) is 0 Å². The van der Waals surface area contributed by atoms with Crippen molar-refractivity contribution in [1.82, 2.24) is 9.88 Å². The first-order chi connectivity index (χ1) is 11.5. The maximum absolute atomic E-state index is 13.8. The molecule has 1 N–H and O–H groups in total. The number of hydrogen-bond acceptors (Lipinski definition) is 3. The number of halogens is 2. The van der Waals surface area contributed by atoms with Gasteiger partial charge >= 0.3 is 0 Å². The van der Waals surface area contributed by atoms with Gasteiger partial charge in [0.05, 0.1) is 6.61 Å². The van der Waals surface area contributed by atoms with Crippen molar-refractivity contribution in [2.45, 2.75) is 13.5 Å². The zero-order valence-corrected chi connectivity index (χ0v) is 13.2. The number of pyridine rings is 1. The number of allylic oxidation sites excluding steroid dienone is 1. The molecule has 0 atom stereocenters. The van der Waals surface area contributed by atoms with Crippen LogP contribution in [0.2, 0.25) is 0 Å². The summed E-state index contributed by atoms with van der Waals surface area (Å²) in [5.41, 5.74) is 1.36. The predicted octanol–water partition coefficient (Wildman–Crippen LogP) is 2.78. The molecule has 0 saturated carbocycles. The zero-order valence-electron chi connectivity index (χ0n) is 13.2. The van der Waals surface area contributed by atoms with E-state index in [4.69, 9.17) is 5.11 Å². The first-order valence-electron chi connectivity index (χ1n) is 7.43. The van der Waals surface area contributed by atoms with E-state index in [-0.39, 0.29) is 31.2 Å². The quantitative estimate of drug-likeness (QED) is 0.828. The summed E-state index contributed by atoms with van der Waals surface area (Å²) in [6, 6.07) is 6.79. The minimum absolute atomic E-state index is 0.142. The van der Waals surface area contributed by atoms with Crippen LogP contribution in [0.3, 0.4) is 0 Å². The molecule has 0 aliphatic heterocycles. The number of nitrogens with zero attached hydrogens (tertiary/aromatic N) is 2. The standard InChI is InChI=1S/C18H18F2N2O2/c1-13(16-5-4-15(19)10-17(16)20)9-18(24)22(7-8-23)12-14-3-2-6-21-11-14/h2-6,9-11,23H,7-8,12H2,1H3/b13-9-. The van der Waals surface area contributed by atoms with Gasteiger partial charge in [0.25, 0.3) is 0 Å². The molecule has 1 amide bonds. The lowest BCUT2D eigenvalue weighted by atomic mass is 10.1. The van der Waals surface area contributed by atoms with Crippen LogP contribution in [0, 0.1) is 11.6 Å². The van der Waals surface area contributed by atoms with Crippen molar-refractivity contribution in [1.29, 1.82) is 0 Å². The summed E-state index contributed by atoms with van der Waals surface area (Å²) >= 11 is 0. The third-order valence-corrected chi connectivity index (χ3v) is 3.47. The van der Waals surface area contributed by atoms with E-state index in [9.17, 15) is 13.6 Å². The molecule has 0 unspecified atom stereocenters. The van der Waals surface area contributed by atoms with Gasteiger partial charge in [-0.1, -0.05) is 6.07 Å². The van der Waals surface area contributed by atoms with Crippen molar-refractivity contribution >= 4 is 11.5 Å². The summed E-state index contributed by atoms with van der Waals surface area (Å²) < 4.78 is 26.8. The van der Waals surface area contributed by atoms with Gasteiger partial charge in [0.1, 0.15) is 11.6 Å². The van der Waals surface area contributed by atoms with Gasteiger partial charge in [-0.15, -0.1) is 0 Å². The summed E-state index contributed by atoms with van der Waals surface area (Å²) in [5.74, 6) is -1.76. The van der Waals surface area contributed by atoms with E-state index in [0.717, 1.165) is 17.7 Å². The first kappa shape index (κ1) is 17.7. The van der Waals surface area contributed by atoms with Crippen LogP contribution in [0.4, 0.5) is 8.78 Å². The topological polar surface area (TPSA) is 53.4 Å². The van der Waals surface area contributed by atoms with E-state index in [0.29, 0.717) is 5.57 Å². The van der Waals surface area contributed by atoms with Crippen LogP contribution < -0.4 is 0 Å². The Hall–Kier alpha value is -2.60. The van der Waals surface area contributed by atoms with E-state index >= 15 is 0 Å². The maximum Gasteiger partial charge on any atom is 0.247 e. The van der Waals surface area contributed by atoms with Gasteiger partial charge < -0.3 is 10.0 Å². The van der Waals surface area contributed by atoms with E-state index in [1.165, 1.54) is 17.0 Å². The van der Waals surface area contributed by atoms with Crippen molar-refractivity contribution < 1.29 is 18.7 Å². The van der Waals surface area contributed by atoms with Crippen LogP contribution in [-0.2, 0) is 11.3 Å². The predicted molar refractivity (Wildman–Crippen MR) is 86.7 cm³/mol. The molecule has 126 valence electrons. The Bertz CT molecular complexity index is 733.